The van der Waals surface area contributed by atoms with Crippen molar-refractivity contribution in [3.63, 3.8) is 0 Å². The fourth-order valence-electron chi connectivity index (χ4n) is 4.10. The fraction of sp³-hybridized carbons (Fsp3) is 0.429. The topological polar surface area (TPSA) is 105 Å². The third-order valence-corrected chi connectivity index (χ3v) is 8.00. The normalized spacial score (nSPS) is 14.6. The highest BCUT2D eigenvalue weighted by Gasteiger charge is 2.24. The minimum absolute atomic E-state index is 0.145. The molecule has 2 amide bonds. The Morgan fingerprint density at radius 3 is 2.21 bits per heavy atom. The van der Waals surface area contributed by atoms with E-state index in [2.05, 4.69) is 5.32 Å². The van der Waals surface area contributed by atoms with Crippen LogP contribution in [0, 0.1) is 0 Å². The van der Waals surface area contributed by atoms with E-state index in [9.17, 15) is 18.0 Å². The molecule has 10 heteroatoms. The van der Waals surface area contributed by atoms with Gasteiger partial charge in [-0.2, -0.15) is 4.31 Å². The zero-order chi connectivity index (χ0) is 27.5. The largest absolute Gasteiger partial charge is 0.490 e. The van der Waals surface area contributed by atoms with E-state index in [0.717, 1.165) is 25.7 Å². The summed E-state index contributed by atoms with van der Waals surface area (Å²) in [4.78, 5) is 26.6. The van der Waals surface area contributed by atoms with Gasteiger partial charge < -0.3 is 19.7 Å². The summed E-state index contributed by atoms with van der Waals surface area (Å²) in [6.07, 6.45) is 6.81. The molecule has 1 aliphatic rings. The van der Waals surface area contributed by atoms with E-state index < -0.39 is 10.0 Å². The molecule has 2 aromatic rings. The van der Waals surface area contributed by atoms with Gasteiger partial charge in [-0.1, -0.05) is 25.0 Å². The number of ether oxygens (including phenoxy) is 2. The molecule has 1 fully saturated rings. The number of anilines is 1. The van der Waals surface area contributed by atoms with Crippen LogP contribution in [0.1, 0.15) is 45.1 Å². The molecule has 0 radical (unpaired) electrons. The maximum absolute atomic E-state index is 12.9. The van der Waals surface area contributed by atoms with E-state index in [1.54, 1.807) is 52.8 Å². The predicted octanol–water partition coefficient (Wildman–Crippen LogP) is 4.16. The van der Waals surface area contributed by atoms with Crippen LogP contribution in [0.3, 0.4) is 0 Å². The molecule has 0 atom stereocenters. The van der Waals surface area contributed by atoms with Crippen LogP contribution in [0.5, 0.6) is 11.5 Å². The number of amides is 2. The number of rotatable bonds is 11. The highest BCUT2D eigenvalue weighted by atomic mass is 32.2. The number of carbonyl (C=O) groups excluding carboxylic acids is 2. The van der Waals surface area contributed by atoms with Crippen LogP contribution in [-0.4, -0.2) is 69.3 Å². The molecule has 1 N–H and O–H groups in total. The van der Waals surface area contributed by atoms with Crippen molar-refractivity contribution >= 4 is 33.6 Å². The molecular weight excluding hydrogens is 506 g/mol. The molecule has 0 aromatic heterocycles. The molecule has 0 bridgehead atoms. The first-order valence-corrected chi connectivity index (χ1v) is 14.4. The van der Waals surface area contributed by atoms with E-state index >= 15 is 0 Å². The van der Waals surface area contributed by atoms with Gasteiger partial charge in [0.15, 0.2) is 11.5 Å². The lowest BCUT2D eigenvalue weighted by atomic mass is 10.2. The molecule has 0 unspecified atom stereocenters. The fourth-order valence-corrected chi connectivity index (χ4v) is 5.62. The molecule has 9 nitrogen and oxygen atoms in total. The molecule has 3 rings (SSSR count). The average Bonchev–Trinajstić information content (AvgIpc) is 3.19. The maximum Gasteiger partial charge on any atom is 0.246 e. The van der Waals surface area contributed by atoms with Gasteiger partial charge in [-0.3, -0.25) is 9.59 Å². The Kier molecular flexibility index (Phi) is 10.7. The van der Waals surface area contributed by atoms with Crippen molar-refractivity contribution < 1.29 is 27.5 Å². The lowest BCUT2D eigenvalue weighted by molar-refractivity contribution is -0.129. The monoisotopic (exact) mass is 543 g/mol. The molecule has 1 aliphatic heterocycles. The SMILES string of the molecule is CCOc1ccc(NC(=O)CN(C)C(=O)/C=C/c2ccc(S(=O)(=O)N3CCCCCC3)cc2)cc1OCC. The maximum atomic E-state index is 12.9. The molecule has 2 aromatic carbocycles. The van der Waals surface area contributed by atoms with Gasteiger partial charge in [-0.05, 0) is 62.6 Å². The van der Waals surface area contributed by atoms with Crippen LogP contribution in [0.2, 0.25) is 0 Å². The Hall–Kier alpha value is -3.37. The second-order valence-corrected chi connectivity index (χ2v) is 10.9. The van der Waals surface area contributed by atoms with Crippen LogP contribution in [0.4, 0.5) is 5.69 Å². The van der Waals surface area contributed by atoms with Gasteiger partial charge >= 0.3 is 0 Å². The van der Waals surface area contributed by atoms with Gasteiger partial charge in [-0.15, -0.1) is 0 Å². The molecule has 1 saturated heterocycles. The summed E-state index contributed by atoms with van der Waals surface area (Å²) in [5.41, 5.74) is 1.22. The van der Waals surface area contributed by atoms with Crippen molar-refractivity contribution in [1.82, 2.24) is 9.21 Å². The minimum Gasteiger partial charge on any atom is -0.490 e. The molecule has 206 valence electrons. The van der Waals surface area contributed by atoms with Crippen molar-refractivity contribution in [3.05, 3.63) is 54.1 Å². The smallest absolute Gasteiger partial charge is 0.246 e. The summed E-state index contributed by atoms with van der Waals surface area (Å²) in [5, 5.41) is 2.77. The van der Waals surface area contributed by atoms with Crippen LogP contribution >= 0.6 is 0 Å². The molecule has 0 spiro atoms. The number of benzene rings is 2. The summed E-state index contributed by atoms with van der Waals surface area (Å²) in [5.74, 6) is 0.411. The Morgan fingerprint density at radius 1 is 0.947 bits per heavy atom. The Bertz CT molecular complexity index is 1220. The van der Waals surface area contributed by atoms with Crippen molar-refractivity contribution in [3.8, 4) is 11.5 Å². The summed E-state index contributed by atoms with van der Waals surface area (Å²) in [7, 11) is -1.99. The quantitative estimate of drug-likeness (QED) is 0.427. The standard InChI is InChI=1S/C28H37N3O6S/c1-4-36-25-16-13-23(20-26(25)37-5-2)29-27(32)21-30(3)28(33)17-12-22-10-14-24(15-11-22)38(34,35)31-18-8-6-7-9-19-31/h10-17,20H,4-9,18-19,21H2,1-3H3,(H,29,32)/b17-12+. The third-order valence-electron chi connectivity index (χ3n) is 6.09. The first kappa shape index (κ1) is 29.2. The van der Waals surface area contributed by atoms with Gasteiger partial charge in [0.2, 0.25) is 21.8 Å². The van der Waals surface area contributed by atoms with Gasteiger partial charge in [0, 0.05) is 38.0 Å². The molecule has 0 aliphatic carbocycles. The minimum atomic E-state index is -3.52. The van der Waals surface area contributed by atoms with Crippen molar-refractivity contribution in [2.45, 2.75) is 44.4 Å². The lowest BCUT2D eigenvalue weighted by Crippen LogP contribution is -2.33. The highest BCUT2D eigenvalue weighted by Crippen LogP contribution is 2.30. The number of nitrogens with zero attached hydrogens (tertiary/aromatic N) is 2. The number of hydrogen-bond donors (Lipinski definition) is 1. The number of hydrogen-bond acceptors (Lipinski definition) is 6. The number of nitrogens with one attached hydrogen (secondary N) is 1. The van der Waals surface area contributed by atoms with Gasteiger partial charge in [-0.25, -0.2) is 8.42 Å². The Morgan fingerprint density at radius 2 is 1.58 bits per heavy atom. The summed E-state index contributed by atoms with van der Waals surface area (Å²) in [6, 6.07) is 11.6. The van der Waals surface area contributed by atoms with Crippen molar-refractivity contribution in [2.24, 2.45) is 0 Å². The number of likely N-dealkylation sites (N-methyl/N-ethyl adjacent to an activating group) is 1. The second-order valence-electron chi connectivity index (χ2n) is 8.99. The average molecular weight is 544 g/mol. The lowest BCUT2D eigenvalue weighted by Gasteiger charge is -2.19. The molecule has 38 heavy (non-hydrogen) atoms. The van der Waals surface area contributed by atoms with Crippen molar-refractivity contribution in [1.29, 1.82) is 0 Å². The highest BCUT2D eigenvalue weighted by molar-refractivity contribution is 7.89. The van der Waals surface area contributed by atoms with Crippen LogP contribution < -0.4 is 14.8 Å². The van der Waals surface area contributed by atoms with E-state index in [4.69, 9.17) is 9.47 Å². The Balaban J connectivity index is 1.56. The number of sulfonamides is 1. The Labute approximate surface area is 225 Å². The second kappa shape index (κ2) is 14.0. The zero-order valence-electron chi connectivity index (χ0n) is 22.3. The van der Waals surface area contributed by atoms with E-state index in [-0.39, 0.29) is 23.3 Å². The first-order chi connectivity index (χ1) is 18.2. The first-order valence-electron chi connectivity index (χ1n) is 13.0. The zero-order valence-corrected chi connectivity index (χ0v) is 23.1. The van der Waals surface area contributed by atoms with Crippen LogP contribution in [-0.2, 0) is 19.6 Å². The predicted molar refractivity (Wildman–Crippen MR) is 148 cm³/mol. The van der Waals surface area contributed by atoms with Gasteiger partial charge in [0.1, 0.15) is 0 Å². The van der Waals surface area contributed by atoms with E-state index in [1.165, 1.54) is 18.0 Å². The van der Waals surface area contributed by atoms with Gasteiger partial charge in [0.05, 0.1) is 24.7 Å². The molecule has 1 heterocycles. The van der Waals surface area contributed by atoms with E-state index in [0.29, 0.717) is 49.1 Å². The molecular formula is C28H37N3O6S. The van der Waals surface area contributed by atoms with E-state index in [1.807, 2.05) is 13.8 Å². The number of carbonyl (C=O) groups is 2. The summed E-state index contributed by atoms with van der Waals surface area (Å²) >= 11 is 0. The van der Waals surface area contributed by atoms with Gasteiger partial charge in [0.25, 0.3) is 0 Å². The van der Waals surface area contributed by atoms with Crippen LogP contribution in [0.15, 0.2) is 53.4 Å². The van der Waals surface area contributed by atoms with Crippen LogP contribution in [0.25, 0.3) is 6.08 Å². The van der Waals surface area contributed by atoms with Crippen molar-refractivity contribution in [2.75, 3.05) is 45.2 Å². The third kappa shape index (κ3) is 8.06. The summed E-state index contributed by atoms with van der Waals surface area (Å²) in [6.45, 7) is 5.64. The molecule has 0 saturated carbocycles. The summed E-state index contributed by atoms with van der Waals surface area (Å²) < 4.78 is 38.5.